The van der Waals surface area contributed by atoms with Gasteiger partial charge in [-0.2, -0.15) is 0 Å². The maximum Gasteiger partial charge on any atom is 0.320 e. The Hall–Kier alpha value is -1.64. The summed E-state index contributed by atoms with van der Waals surface area (Å²) in [6.07, 6.45) is 0. The molecule has 31 heavy (non-hydrogen) atoms. The van der Waals surface area contributed by atoms with Crippen LogP contribution in [-0.4, -0.2) is 36.0 Å². The fourth-order valence-electron chi connectivity index (χ4n) is 3.08. The summed E-state index contributed by atoms with van der Waals surface area (Å²) in [5.74, 6) is -0.312. The molecule has 2 aromatic carbocycles. The molecule has 0 unspecified atom stereocenters. The summed E-state index contributed by atoms with van der Waals surface area (Å²) in [5.41, 5.74) is 0.107. The number of hydrogen-bond acceptors (Lipinski definition) is 5. The highest BCUT2D eigenvalue weighted by molar-refractivity contribution is 8.03. The van der Waals surface area contributed by atoms with E-state index >= 15 is 0 Å². The molecule has 0 aliphatic carbocycles. The monoisotopic (exact) mass is 521 g/mol. The summed E-state index contributed by atoms with van der Waals surface area (Å²) in [4.78, 5) is 15.7. The van der Waals surface area contributed by atoms with Crippen LogP contribution in [0.1, 0.15) is 0 Å². The number of allylic oxidation sites excluding steroid dienone is 1. The molecule has 0 spiro atoms. The van der Waals surface area contributed by atoms with Gasteiger partial charge in [-0.15, -0.1) is 0 Å². The van der Waals surface area contributed by atoms with Crippen molar-refractivity contribution in [2.24, 2.45) is 0 Å². The Morgan fingerprint density at radius 2 is 1.61 bits per heavy atom. The standard InChI is InChI=1S/C20H16Cl4FN3O2S/c21-13-5-7-14(8-6-13)31-20(18(28(29)30)17(22)19(23)24)27-11-9-26(10-12-27)16-4-2-1-3-15(16)25/h1-8H,9-12H2/b20-18+. The van der Waals surface area contributed by atoms with Gasteiger partial charge in [-0.3, -0.25) is 10.1 Å². The first-order chi connectivity index (χ1) is 14.8. The van der Waals surface area contributed by atoms with Gasteiger partial charge in [0.15, 0.2) is 10.1 Å². The number of hydrogen-bond donors (Lipinski definition) is 0. The molecule has 11 heteroatoms. The predicted molar refractivity (Wildman–Crippen MR) is 126 cm³/mol. The topological polar surface area (TPSA) is 49.6 Å². The Kier molecular flexibility index (Phi) is 8.36. The zero-order valence-corrected chi connectivity index (χ0v) is 19.7. The summed E-state index contributed by atoms with van der Waals surface area (Å²) in [5, 5.41) is 12.4. The van der Waals surface area contributed by atoms with Crippen LogP contribution in [0.2, 0.25) is 5.02 Å². The summed E-state index contributed by atoms with van der Waals surface area (Å²) >= 11 is 24.8. The lowest BCUT2D eigenvalue weighted by molar-refractivity contribution is -0.421. The van der Waals surface area contributed by atoms with Crippen molar-refractivity contribution in [2.45, 2.75) is 4.90 Å². The lowest BCUT2D eigenvalue weighted by Crippen LogP contribution is -2.46. The molecule has 0 N–H and O–H groups in total. The second-order valence-corrected chi connectivity index (χ2v) is 9.29. The van der Waals surface area contributed by atoms with Gasteiger partial charge in [-0.05, 0) is 36.4 Å². The maximum absolute atomic E-state index is 14.2. The van der Waals surface area contributed by atoms with E-state index < -0.39 is 9.41 Å². The number of thioether (sulfide) groups is 1. The molecule has 1 aliphatic heterocycles. The minimum Gasteiger partial charge on any atom is -0.366 e. The molecule has 1 aliphatic rings. The summed E-state index contributed by atoms with van der Waals surface area (Å²) in [6.45, 7) is 1.75. The Labute approximate surface area is 203 Å². The SMILES string of the molecule is O=[N+]([O-])/C(C(Cl)=C(Cl)Cl)=C(/Sc1ccc(Cl)cc1)N1CCN(c2ccccc2F)CC1. The molecule has 0 amide bonds. The van der Waals surface area contributed by atoms with Crippen molar-refractivity contribution in [3.8, 4) is 0 Å². The number of piperazine rings is 1. The predicted octanol–water partition coefficient (Wildman–Crippen LogP) is 6.72. The molecule has 2 aromatic rings. The van der Waals surface area contributed by atoms with E-state index in [2.05, 4.69) is 0 Å². The average molecular weight is 523 g/mol. The number of para-hydroxylation sites is 1. The van der Waals surface area contributed by atoms with Gasteiger partial charge in [0.25, 0.3) is 0 Å². The molecular formula is C20H16Cl4FN3O2S. The fraction of sp³-hybridized carbons (Fsp3) is 0.200. The Balaban J connectivity index is 1.94. The molecule has 5 nitrogen and oxygen atoms in total. The third-order valence-corrected chi connectivity index (χ3v) is 6.89. The minimum absolute atomic E-state index is 0.296. The highest BCUT2D eigenvalue weighted by atomic mass is 35.5. The molecule has 0 atom stereocenters. The third-order valence-electron chi connectivity index (χ3n) is 4.55. The lowest BCUT2D eigenvalue weighted by Gasteiger charge is -2.37. The fourth-order valence-corrected chi connectivity index (χ4v) is 4.68. The van der Waals surface area contributed by atoms with Crippen LogP contribution in [0.15, 0.2) is 73.7 Å². The second kappa shape index (κ2) is 10.8. The first-order valence-corrected chi connectivity index (χ1v) is 11.4. The van der Waals surface area contributed by atoms with Crippen molar-refractivity contribution in [1.82, 2.24) is 4.90 Å². The largest absolute Gasteiger partial charge is 0.366 e. The van der Waals surface area contributed by atoms with Gasteiger partial charge >= 0.3 is 5.70 Å². The molecule has 0 saturated carbocycles. The number of halogens is 5. The van der Waals surface area contributed by atoms with Crippen molar-refractivity contribution >= 4 is 63.9 Å². The molecule has 1 fully saturated rings. The van der Waals surface area contributed by atoms with E-state index in [0.29, 0.717) is 41.9 Å². The third kappa shape index (κ3) is 5.99. The first kappa shape index (κ1) is 24.0. The van der Waals surface area contributed by atoms with E-state index in [0.717, 1.165) is 16.7 Å². The first-order valence-electron chi connectivity index (χ1n) is 9.05. The molecule has 164 valence electrons. The minimum atomic E-state index is -0.603. The van der Waals surface area contributed by atoms with Crippen LogP contribution in [0.3, 0.4) is 0 Å². The normalized spacial score (nSPS) is 14.9. The van der Waals surface area contributed by atoms with Crippen LogP contribution in [0.25, 0.3) is 0 Å². The molecule has 0 bridgehead atoms. The van der Waals surface area contributed by atoms with Crippen molar-refractivity contribution in [3.05, 3.63) is 89.7 Å². The maximum atomic E-state index is 14.2. The molecule has 1 heterocycles. The highest BCUT2D eigenvalue weighted by Crippen LogP contribution is 2.38. The second-order valence-electron chi connectivity index (χ2n) is 6.47. The quantitative estimate of drug-likeness (QED) is 0.182. The molecular weight excluding hydrogens is 507 g/mol. The van der Waals surface area contributed by atoms with Crippen molar-refractivity contribution in [2.75, 3.05) is 31.1 Å². The van der Waals surface area contributed by atoms with Gasteiger partial charge in [0.2, 0.25) is 0 Å². The number of rotatable bonds is 6. The zero-order valence-electron chi connectivity index (χ0n) is 15.9. The summed E-state index contributed by atoms with van der Waals surface area (Å²) in [7, 11) is 0. The number of benzene rings is 2. The zero-order chi connectivity index (χ0) is 22.5. The van der Waals surface area contributed by atoms with Crippen LogP contribution >= 0.6 is 58.2 Å². The van der Waals surface area contributed by atoms with Gasteiger partial charge in [0, 0.05) is 36.1 Å². The van der Waals surface area contributed by atoms with Gasteiger partial charge in [-0.25, -0.2) is 4.39 Å². The van der Waals surface area contributed by atoms with Crippen molar-refractivity contribution < 1.29 is 9.31 Å². The highest BCUT2D eigenvalue weighted by Gasteiger charge is 2.32. The number of nitrogens with zero attached hydrogens (tertiary/aromatic N) is 3. The number of nitro groups is 1. The molecule has 3 rings (SSSR count). The van der Waals surface area contributed by atoms with Crippen LogP contribution in [-0.2, 0) is 0 Å². The van der Waals surface area contributed by atoms with Crippen LogP contribution in [0.5, 0.6) is 0 Å². The lowest BCUT2D eigenvalue weighted by atomic mass is 10.2. The molecule has 0 radical (unpaired) electrons. The van der Waals surface area contributed by atoms with Crippen molar-refractivity contribution in [1.29, 1.82) is 0 Å². The average Bonchev–Trinajstić information content (AvgIpc) is 2.75. The molecule has 0 aromatic heterocycles. The van der Waals surface area contributed by atoms with E-state index in [-0.39, 0.29) is 16.5 Å². The van der Waals surface area contributed by atoms with Crippen molar-refractivity contribution in [3.63, 3.8) is 0 Å². The Morgan fingerprint density at radius 1 is 1.00 bits per heavy atom. The Bertz CT molecular complexity index is 1020. The number of anilines is 1. The van der Waals surface area contributed by atoms with Gasteiger partial charge < -0.3 is 9.80 Å². The van der Waals surface area contributed by atoms with E-state index in [4.69, 9.17) is 46.4 Å². The van der Waals surface area contributed by atoms with E-state index in [1.807, 2.05) is 9.80 Å². The van der Waals surface area contributed by atoms with Gasteiger partial charge in [-0.1, -0.05) is 70.3 Å². The van der Waals surface area contributed by atoms with Crippen LogP contribution in [0.4, 0.5) is 10.1 Å². The molecule has 1 saturated heterocycles. The van der Waals surface area contributed by atoms with E-state index in [1.165, 1.54) is 6.07 Å². The van der Waals surface area contributed by atoms with Gasteiger partial charge in [0.1, 0.15) is 10.3 Å². The Morgan fingerprint density at radius 3 is 2.16 bits per heavy atom. The van der Waals surface area contributed by atoms with Gasteiger partial charge in [0.05, 0.1) is 10.6 Å². The smallest absolute Gasteiger partial charge is 0.320 e. The van der Waals surface area contributed by atoms with E-state index in [1.54, 1.807) is 42.5 Å². The van der Waals surface area contributed by atoms with E-state index in [9.17, 15) is 14.5 Å². The van der Waals surface area contributed by atoms with Crippen LogP contribution < -0.4 is 4.90 Å². The summed E-state index contributed by atoms with van der Waals surface area (Å²) < 4.78 is 13.8. The van der Waals surface area contributed by atoms with Crippen LogP contribution in [0, 0.1) is 15.9 Å². The summed E-state index contributed by atoms with van der Waals surface area (Å²) in [6, 6.07) is 13.4.